The SMILES string of the molecule is CN(C(=O)CCO)[C@@H]1c2ccccc2C[C@H]1NC(=O)Cc1cc2cc(Cl)sc2[nH]1. The van der Waals surface area contributed by atoms with E-state index in [0.717, 1.165) is 27.0 Å². The topological polar surface area (TPSA) is 85.4 Å². The predicted octanol–water partition coefficient (Wildman–Crippen LogP) is 3.05. The van der Waals surface area contributed by atoms with Crippen LogP contribution >= 0.6 is 22.9 Å². The van der Waals surface area contributed by atoms with Crippen molar-refractivity contribution in [2.75, 3.05) is 13.7 Å². The van der Waals surface area contributed by atoms with Crippen molar-refractivity contribution < 1.29 is 14.7 Å². The van der Waals surface area contributed by atoms with Crippen molar-refractivity contribution in [1.29, 1.82) is 0 Å². The first-order chi connectivity index (χ1) is 14.0. The van der Waals surface area contributed by atoms with Gasteiger partial charge in [-0.2, -0.15) is 0 Å². The third kappa shape index (κ3) is 4.03. The van der Waals surface area contributed by atoms with E-state index in [1.165, 1.54) is 11.3 Å². The van der Waals surface area contributed by atoms with Gasteiger partial charge in [0.25, 0.3) is 0 Å². The van der Waals surface area contributed by atoms with Crippen LogP contribution in [0.5, 0.6) is 0 Å². The Morgan fingerprint density at radius 3 is 2.90 bits per heavy atom. The zero-order valence-electron chi connectivity index (χ0n) is 15.9. The highest BCUT2D eigenvalue weighted by Gasteiger charge is 2.37. The Morgan fingerprint density at radius 2 is 2.14 bits per heavy atom. The van der Waals surface area contributed by atoms with Crippen LogP contribution in [0.3, 0.4) is 0 Å². The van der Waals surface area contributed by atoms with Gasteiger partial charge in [-0.3, -0.25) is 9.59 Å². The number of aliphatic hydroxyl groups excluding tert-OH is 1. The number of thiophene rings is 1. The molecule has 0 aliphatic heterocycles. The lowest BCUT2D eigenvalue weighted by Crippen LogP contribution is -2.45. The Bertz CT molecular complexity index is 1030. The molecule has 4 rings (SSSR count). The zero-order valence-corrected chi connectivity index (χ0v) is 17.5. The Balaban J connectivity index is 1.50. The van der Waals surface area contributed by atoms with Gasteiger partial charge >= 0.3 is 0 Å². The summed E-state index contributed by atoms with van der Waals surface area (Å²) in [6.07, 6.45) is 0.962. The number of hydrogen-bond donors (Lipinski definition) is 3. The highest BCUT2D eigenvalue weighted by molar-refractivity contribution is 7.22. The molecule has 3 N–H and O–H groups in total. The molecule has 8 heteroatoms. The lowest BCUT2D eigenvalue weighted by atomic mass is 10.0. The number of amides is 2. The van der Waals surface area contributed by atoms with E-state index < -0.39 is 0 Å². The van der Waals surface area contributed by atoms with Gasteiger partial charge in [0.2, 0.25) is 11.8 Å². The average Bonchev–Trinajstić information content (AvgIpc) is 3.31. The molecule has 0 fully saturated rings. The van der Waals surface area contributed by atoms with Crippen molar-refractivity contribution in [2.45, 2.75) is 31.3 Å². The van der Waals surface area contributed by atoms with Crippen LogP contribution in [0, 0.1) is 0 Å². The molecule has 2 aromatic heterocycles. The molecule has 1 aromatic carbocycles. The summed E-state index contributed by atoms with van der Waals surface area (Å²) in [6, 6.07) is 11.3. The Labute approximate surface area is 177 Å². The third-order valence-corrected chi connectivity index (χ3v) is 6.56. The molecule has 6 nitrogen and oxygen atoms in total. The second-order valence-corrected chi connectivity index (χ2v) is 8.99. The molecule has 3 aromatic rings. The molecule has 29 heavy (non-hydrogen) atoms. The van der Waals surface area contributed by atoms with Crippen LogP contribution in [0.2, 0.25) is 4.34 Å². The number of H-pyrrole nitrogens is 1. The summed E-state index contributed by atoms with van der Waals surface area (Å²) in [6.45, 7) is -0.192. The molecular weight excluding hydrogens is 410 g/mol. The molecule has 2 amide bonds. The summed E-state index contributed by atoms with van der Waals surface area (Å²) in [5.74, 6) is -0.245. The lowest BCUT2D eigenvalue weighted by Gasteiger charge is -2.31. The van der Waals surface area contributed by atoms with Crippen LogP contribution < -0.4 is 5.32 Å². The molecule has 0 bridgehead atoms. The maximum atomic E-state index is 12.8. The van der Waals surface area contributed by atoms with Crippen LogP contribution in [0.15, 0.2) is 36.4 Å². The highest BCUT2D eigenvalue weighted by Crippen LogP contribution is 2.36. The number of fused-ring (bicyclic) bond motifs is 2. The second kappa shape index (κ2) is 8.18. The fourth-order valence-corrected chi connectivity index (χ4v) is 5.23. The van der Waals surface area contributed by atoms with E-state index in [1.54, 1.807) is 11.9 Å². The number of nitrogens with one attached hydrogen (secondary N) is 2. The number of aromatic nitrogens is 1. The summed E-state index contributed by atoms with van der Waals surface area (Å²) < 4.78 is 0.712. The Hall–Kier alpha value is -2.35. The second-order valence-electron chi connectivity index (χ2n) is 7.31. The number of hydrogen-bond acceptors (Lipinski definition) is 4. The first-order valence-electron chi connectivity index (χ1n) is 9.47. The predicted molar refractivity (Wildman–Crippen MR) is 114 cm³/mol. The van der Waals surface area contributed by atoms with Crippen molar-refractivity contribution in [1.82, 2.24) is 15.2 Å². The maximum absolute atomic E-state index is 12.8. The molecule has 2 atom stereocenters. The third-order valence-electron chi connectivity index (χ3n) is 5.36. The fourth-order valence-electron chi connectivity index (χ4n) is 4.08. The molecule has 0 spiro atoms. The molecule has 2 heterocycles. The molecule has 0 radical (unpaired) electrons. The van der Waals surface area contributed by atoms with E-state index in [-0.39, 0.29) is 43.3 Å². The Morgan fingerprint density at radius 1 is 1.34 bits per heavy atom. The van der Waals surface area contributed by atoms with E-state index in [2.05, 4.69) is 10.3 Å². The van der Waals surface area contributed by atoms with Crippen molar-refractivity contribution in [3.8, 4) is 0 Å². The normalized spacial score (nSPS) is 18.0. The number of carbonyl (C=O) groups is 2. The van der Waals surface area contributed by atoms with Gasteiger partial charge in [-0.05, 0) is 29.7 Å². The summed E-state index contributed by atoms with van der Waals surface area (Å²) in [4.78, 5) is 31.0. The van der Waals surface area contributed by atoms with E-state index in [9.17, 15) is 9.59 Å². The smallest absolute Gasteiger partial charge is 0.226 e. The van der Waals surface area contributed by atoms with Crippen LogP contribution in [0.1, 0.15) is 29.3 Å². The molecule has 152 valence electrons. The minimum atomic E-state index is -0.250. The van der Waals surface area contributed by atoms with Gasteiger partial charge in [0.05, 0.1) is 29.4 Å². The van der Waals surface area contributed by atoms with Gasteiger partial charge in [-0.25, -0.2) is 0 Å². The molecule has 0 saturated carbocycles. The van der Waals surface area contributed by atoms with Crippen LogP contribution in [-0.2, 0) is 22.4 Å². The van der Waals surface area contributed by atoms with E-state index in [4.69, 9.17) is 16.7 Å². The summed E-state index contributed by atoms with van der Waals surface area (Å²) >= 11 is 7.46. The van der Waals surface area contributed by atoms with Crippen LogP contribution in [-0.4, -0.2) is 46.5 Å². The number of rotatable bonds is 6. The monoisotopic (exact) mass is 431 g/mol. The van der Waals surface area contributed by atoms with Crippen molar-refractivity contribution in [3.05, 3.63) is 57.6 Å². The molecule has 1 aliphatic rings. The van der Waals surface area contributed by atoms with Gasteiger partial charge in [-0.1, -0.05) is 35.9 Å². The van der Waals surface area contributed by atoms with Crippen LogP contribution in [0.4, 0.5) is 0 Å². The summed E-state index contributed by atoms with van der Waals surface area (Å²) in [7, 11) is 1.73. The van der Waals surface area contributed by atoms with E-state index >= 15 is 0 Å². The molecule has 0 saturated heterocycles. The number of benzene rings is 1. The number of aliphatic hydroxyl groups is 1. The van der Waals surface area contributed by atoms with E-state index in [0.29, 0.717) is 10.8 Å². The molecule has 0 unspecified atom stereocenters. The Kier molecular flexibility index (Phi) is 5.63. The van der Waals surface area contributed by atoms with Crippen molar-refractivity contribution in [2.24, 2.45) is 0 Å². The summed E-state index contributed by atoms with van der Waals surface area (Å²) in [5.41, 5.74) is 3.00. The van der Waals surface area contributed by atoms with Crippen molar-refractivity contribution in [3.63, 3.8) is 0 Å². The number of likely N-dealkylation sites (N-methyl/N-ethyl adjacent to an activating group) is 1. The average molecular weight is 432 g/mol. The number of nitrogens with zero attached hydrogens (tertiary/aromatic N) is 1. The quantitative estimate of drug-likeness (QED) is 0.560. The minimum absolute atomic E-state index is 0.0671. The van der Waals surface area contributed by atoms with Gasteiger partial charge in [0, 0.05) is 24.5 Å². The van der Waals surface area contributed by atoms with Gasteiger partial charge in [-0.15, -0.1) is 11.3 Å². The highest BCUT2D eigenvalue weighted by atomic mass is 35.5. The van der Waals surface area contributed by atoms with Crippen LogP contribution in [0.25, 0.3) is 10.2 Å². The maximum Gasteiger partial charge on any atom is 0.226 e. The standard InChI is InChI=1S/C21H22ClN3O3S/c1-25(19(28)6-7-26)20-15-5-3-2-4-12(15)9-16(20)24-18(27)11-14-8-13-10-17(22)29-21(13)23-14/h2-5,8,10,16,20,23,26H,6-7,9,11H2,1H3,(H,24,27)/t16-,20-/m1/s1. The molecule has 1 aliphatic carbocycles. The van der Waals surface area contributed by atoms with Crippen molar-refractivity contribution >= 4 is 45.0 Å². The van der Waals surface area contributed by atoms with Gasteiger partial charge < -0.3 is 20.3 Å². The molecular formula is C21H22ClN3O3S. The first-order valence-corrected chi connectivity index (χ1v) is 10.7. The zero-order chi connectivity index (χ0) is 20.5. The summed E-state index contributed by atoms with van der Waals surface area (Å²) in [5, 5.41) is 13.2. The minimum Gasteiger partial charge on any atom is -0.396 e. The number of aromatic amines is 1. The lowest BCUT2D eigenvalue weighted by molar-refractivity contribution is -0.134. The first kappa shape index (κ1) is 19.9. The largest absolute Gasteiger partial charge is 0.396 e. The van der Waals surface area contributed by atoms with Gasteiger partial charge in [0.15, 0.2) is 0 Å². The fraction of sp³-hybridized carbons (Fsp3) is 0.333. The van der Waals surface area contributed by atoms with E-state index in [1.807, 2.05) is 36.4 Å². The van der Waals surface area contributed by atoms with Gasteiger partial charge in [0.1, 0.15) is 4.83 Å². The number of halogens is 1. The number of carbonyl (C=O) groups excluding carboxylic acids is 2.